The normalized spacial score (nSPS) is 10.2. The van der Waals surface area contributed by atoms with Crippen LogP contribution in [-0.4, -0.2) is 11.8 Å². The average molecular weight is 350 g/mol. The monoisotopic (exact) mass is 350 g/mol. The van der Waals surface area contributed by atoms with Crippen molar-refractivity contribution in [1.29, 1.82) is 0 Å². The quantitative estimate of drug-likeness (QED) is 0.684. The lowest BCUT2D eigenvalue weighted by Gasteiger charge is -2.08. The molecule has 2 aromatic carbocycles. The topological polar surface area (TPSA) is 58.2 Å². The molecule has 0 atom stereocenters. The molecule has 4 nitrogen and oxygen atoms in total. The first kappa shape index (κ1) is 16.9. The highest BCUT2D eigenvalue weighted by atomic mass is 32.1. The lowest BCUT2D eigenvalue weighted by atomic mass is 10.1. The van der Waals surface area contributed by atoms with Crippen molar-refractivity contribution in [3.05, 3.63) is 82.6 Å². The number of amides is 2. The standard InChI is InChI=1S/C20H18N2O2S/c23-19(12-11-15-6-2-1-3-7-15)21-16-8-4-9-17(14-16)22-20(24)18-10-5-13-25-18/h1-10,13-14H,11-12H2,(H,21,23)(H,22,24). The van der Waals surface area contributed by atoms with Crippen LogP contribution in [0.2, 0.25) is 0 Å². The van der Waals surface area contributed by atoms with E-state index in [0.717, 1.165) is 5.56 Å². The maximum Gasteiger partial charge on any atom is 0.265 e. The largest absolute Gasteiger partial charge is 0.326 e. The third-order valence-electron chi connectivity index (χ3n) is 3.63. The van der Waals surface area contributed by atoms with Crippen LogP contribution in [0.25, 0.3) is 0 Å². The van der Waals surface area contributed by atoms with E-state index >= 15 is 0 Å². The van der Waals surface area contributed by atoms with Gasteiger partial charge < -0.3 is 10.6 Å². The number of rotatable bonds is 6. The van der Waals surface area contributed by atoms with E-state index in [1.807, 2.05) is 41.8 Å². The fourth-order valence-electron chi connectivity index (χ4n) is 2.40. The van der Waals surface area contributed by atoms with Gasteiger partial charge >= 0.3 is 0 Å². The molecule has 3 rings (SSSR count). The first-order chi connectivity index (χ1) is 12.2. The van der Waals surface area contributed by atoms with Crippen molar-refractivity contribution in [3.63, 3.8) is 0 Å². The Hall–Kier alpha value is -2.92. The van der Waals surface area contributed by atoms with E-state index in [4.69, 9.17) is 0 Å². The Morgan fingerprint density at radius 2 is 1.60 bits per heavy atom. The first-order valence-electron chi connectivity index (χ1n) is 7.99. The summed E-state index contributed by atoms with van der Waals surface area (Å²) >= 11 is 1.39. The molecule has 0 saturated heterocycles. The van der Waals surface area contributed by atoms with Gasteiger partial charge in [0.1, 0.15) is 0 Å². The van der Waals surface area contributed by atoms with Gasteiger partial charge in [0.25, 0.3) is 5.91 Å². The lowest BCUT2D eigenvalue weighted by Crippen LogP contribution is -2.13. The van der Waals surface area contributed by atoms with Gasteiger partial charge in [0.05, 0.1) is 4.88 Å². The number of thiophene rings is 1. The minimum atomic E-state index is -0.150. The summed E-state index contributed by atoms with van der Waals surface area (Å²) in [5.41, 5.74) is 2.45. The third-order valence-corrected chi connectivity index (χ3v) is 4.50. The van der Waals surface area contributed by atoms with Crippen molar-refractivity contribution in [2.45, 2.75) is 12.8 Å². The van der Waals surface area contributed by atoms with E-state index < -0.39 is 0 Å². The van der Waals surface area contributed by atoms with Crippen LogP contribution in [0.15, 0.2) is 72.1 Å². The second-order valence-corrected chi connectivity index (χ2v) is 6.49. The Balaban J connectivity index is 1.56. The first-order valence-corrected chi connectivity index (χ1v) is 8.87. The molecule has 0 fully saturated rings. The van der Waals surface area contributed by atoms with E-state index in [0.29, 0.717) is 29.1 Å². The summed E-state index contributed by atoms with van der Waals surface area (Å²) in [4.78, 5) is 24.8. The second-order valence-electron chi connectivity index (χ2n) is 5.55. The minimum Gasteiger partial charge on any atom is -0.326 e. The predicted molar refractivity (Wildman–Crippen MR) is 102 cm³/mol. The van der Waals surface area contributed by atoms with Gasteiger partial charge in [-0.15, -0.1) is 11.3 Å². The van der Waals surface area contributed by atoms with Crippen LogP contribution in [0.5, 0.6) is 0 Å². The maximum absolute atomic E-state index is 12.1. The summed E-state index contributed by atoms with van der Waals surface area (Å²) < 4.78 is 0. The Bertz CT molecular complexity index is 845. The molecule has 0 aliphatic heterocycles. The number of carbonyl (C=O) groups excluding carboxylic acids is 2. The lowest BCUT2D eigenvalue weighted by molar-refractivity contribution is -0.116. The summed E-state index contributed by atoms with van der Waals surface area (Å²) in [7, 11) is 0. The Morgan fingerprint density at radius 1 is 0.840 bits per heavy atom. The average Bonchev–Trinajstić information content (AvgIpc) is 3.16. The van der Waals surface area contributed by atoms with Crippen LogP contribution >= 0.6 is 11.3 Å². The molecule has 5 heteroatoms. The third kappa shape index (κ3) is 5.02. The number of anilines is 2. The number of hydrogen-bond acceptors (Lipinski definition) is 3. The van der Waals surface area contributed by atoms with Crippen LogP contribution in [0.4, 0.5) is 11.4 Å². The Labute approximate surface area is 150 Å². The number of aryl methyl sites for hydroxylation is 1. The molecule has 0 aliphatic rings. The molecule has 2 amide bonds. The van der Waals surface area contributed by atoms with Crippen molar-refractivity contribution >= 4 is 34.5 Å². The molecule has 126 valence electrons. The zero-order valence-corrected chi connectivity index (χ0v) is 14.4. The van der Waals surface area contributed by atoms with Gasteiger partial charge in [-0.2, -0.15) is 0 Å². The summed E-state index contributed by atoms with van der Waals surface area (Å²) in [6.45, 7) is 0. The molecule has 0 spiro atoms. The molecule has 25 heavy (non-hydrogen) atoms. The molecule has 0 aliphatic carbocycles. The summed E-state index contributed by atoms with van der Waals surface area (Å²) in [5, 5.41) is 7.57. The highest BCUT2D eigenvalue weighted by molar-refractivity contribution is 7.12. The van der Waals surface area contributed by atoms with Gasteiger partial charge in [0, 0.05) is 17.8 Å². The van der Waals surface area contributed by atoms with Gasteiger partial charge in [0.2, 0.25) is 5.91 Å². The summed E-state index contributed by atoms with van der Waals surface area (Å²) in [6.07, 6.45) is 1.11. The van der Waals surface area contributed by atoms with Crippen LogP contribution in [0, 0.1) is 0 Å². The fraction of sp³-hybridized carbons (Fsp3) is 0.100. The summed E-state index contributed by atoms with van der Waals surface area (Å²) in [5.74, 6) is -0.201. The van der Waals surface area contributed by atoms with E-state index in [-0.39, 0.29) is 11.8 Å². The minimum absolute atomic E-state index is 0.0504. The number of nitrogens with one attached hydrogen (secondary N) is 2. The molecule has 0 saturated carbocycles. The van der Waals surface area contributed by atoms with Gasteiger partial charge in [-0.05, 0) is 41.6 Å². The molecule has 1 heterocycles. The van der Waals surface area contributed by atoms with E-state index in [1.54, 1.807) is 30.3 Å². The van der Waals surface area contributed by atoms with Crippen LogP contribution < -0.4 is 10.6 Å². The second kappa shape index (κ2) is 8.26. The van der Waals surface area contributed by atoms with Crippen molar-refractivity contribution in [3.8, 4) is 0 Å². The molecule has 0 bridgehead atoms. The Kier molecular flexibility index (Phi) is 5.59. The van der Waals surface area contributed by atoms with Crippen molar-refractivity contribution < 1.29 is 9.59 Å². The molecule has 2 N–H and O–H groups in total. The Morgan fingerprint density at radius 3 is 2.32 bits per heavy atom. The van der Waals surface area contributed by atoms with Crippen LogP contribution in [0.1, 0.15) is 21.7 Å². The van der Waals surface area contributed by atoms with E-state index in [2.05, 4.69) is 10.6 Å². The summed E-state index contributed by atoms with van der Waals surface area (Å²) in [6, 6.07) is 20.7. The molecular weight excluding hydrogens is 332 g/mol. The van der Waals surface area contributed by atoms with Crippen LogP contribution in [-0.2, 0) is 11.2 Å². The van der Waals surface area contributed by atoms with E-state index in [1.165, 1.54) is 11.3 Å². The molecule has 0 unspecified atom stereocenters. The zero-order chi connectivity index (χ0) is 17.5. The zero-order valence-electron chi connectivity index (χ0n) is 13.6. The smallest absolute Gasteiger partial charge is 0.265 e. The van der Waals surface area contributed by atoms with Gasteiger partial charge in [-0.3, -0.25) is 9.59 Å². The van der Waals surface area contributed by atoms with Gasteiger partial charge in [0.15, 0.2) is 0 Å². The van der Waals surface area contributed by atoms with Crippen molar-refractivity contribution in [2.75, 3.05) is 10.6 Å². The maximum atomic E-state index is 12.1. The van der Waals surface area contributed by atoms with Gasteiger partial charge in [-0.1, -0.05) is 42.5 Å². The molecule has 1 aromatic heterocycles. The molecule has 3 aromatic rings. The van der Waals surface area contributed by atoms with Crippen molar-refractivity contribution in [1.82, 2.24) is 0 Å². The highest BCUT2D eigenvalue weighted by Gasteiger charge is 2.08. The van der Waals surface area contributed by atoms with E-state index in [9.17, 15) is 9.59 Å². The number of hydrogen-bond donors (Lipinski definition) is 2. The molecule has 0 radical (unpaired) electrons. The molecular formula is C20H18N2O2S. The van der Waals surface area contributed by atoms with Gasteiger partial charge in [-0.25, -0.2) is 0 Å². The number of carbonyl (C=O) groups is 2. The van der Waals surface area contributed by atoms with Crippen molar-refractivity contribution in [2.24, 2.45) is 0 Å². The highest BCUT2D eigenvalue weighted by Crippen LogP contribution is 2.18. The fourth-order valence-corrected chi connectivity index (χ4v) is 3.02. The predicted octanol–water partition coefficient (Wildman–Crippen LogP) is 4.57. The van der Waals surface area contributed by atoms with Crippen LogP contribution in [0.3, 0.4) is 0 Å². The SMILES string of the molecule is O=C(CCc1ccccc1)Nc1cccc(NC(=O)c2cccs2)c1. The number of benzene rings is 2.